The van der Waals surface area contributed by atoms with Crippen molar-refractivity contribution in [2.24, 2.45) is 0 Å². The van der Waals surface area contributed by atoms with Gasteiger partial charge in [-0.15, -0.1) is 0 Å². The summed E-state index contributed by atoms with van der Waals surface area (Å²) in [6.45, 7) is 1.97. The summed E-state index contributed by atoms with van der Waals surface area (Å²) in [7, 11) is 0. The molecule has 3 aromatic rings. The minimum atomic E-state index is -1.03. The highest BCUT2D eigenvalue weighted by molar-refractivity contribution is 5.94. The fourth-order valence-electron chi connectivity index (χ4n) is 3.74. The number of benzene rings is 2. The minimum Gasteiger partial charge on any atom is -0.350 e. The number of halogens is 2. The molecule has 0 saturated carbocycles. The lowest BCUT2D eigenvalue weighted by Crippen LogP contribution is -2.40. The molecule has 1 aromatic heterocycles. The summed E-state index contributed by atoms with van der Waals surface area (Å²) in [5.74, 6) is -2.44. The van der Waals surface area contributed by atoms with Crippen LogP contribution >= 0.6 is 0 Å². The van der Waals surface area contributed by atoms with Gasteiger partial charge in [-0.25, -0.2) is 8.78 Å². The molecule has 1 N–H and O–H groups in total. The first kappa shape index (κ1) is 19.2. The Bertz CT molecular complexity index is 1010. The van der Waals surface area contributed by atoms with Gasteiger partial charge < -0.3 is 5.32 Å². The molecular weight excluding hydrogens is 372 g/mol. The Morgan fingerprint density at radius 2 is 1.90 bits per heavy atom. The third-order valence-electron chi connectivity index (χ3n) is 5.31. The van der Waals surface area contributed by atoms with Gasteiger partial charge in [0.15, 0.2) is 11.6 Å². The predicted molar refractivity (Wildman–Crippen MR) is 106 cm³/mol. The lowest BCUT2D eigenvalue weighted by Gasteiger charge is -2.36. The van der Waals surface area contributed by atoms with Crippen LogP contribution in [-0.2, 0) is 13.0 Å². The van der Waals surface area contributed by atoms with Gasteiger partial charge in [0, 0.05) is 37.6 Å². The van der Waals surface area contributed by atoms with Crippen molar-refractivity contribution in [1.82, 2.24) is 15.2 Å². The van der Waals surface area contributed by atoms with Crippen LogP contribution in [0.25, 0.3) is 0 Å². The van der Waals surface area contributed by atoms with Gasteiger partial charge in [-0.2, -0.15) is 0 Å². The number of amides is 1. The monoisotopic (exact) mass is 393 g/mol. The maximum absolute atomic E-state index is 13.5. The Kier molecular flexibility index (Phi) is 5.62. The summed E-state index contributed by atoms with van der Waals surface area (Å²) < 4.78 is 26.6. The molecule has 1 atom stereocenters. The van der Waals surface area contributed by atoms with E-state index >= 15 is 0 Å². The molecule has 2 aromatic carbocycles. The molecule has 1 aliphatic heterocycles. The maximum atomic E-state index is 13.5. The quantitative estimate of drug-likeness (QED) is 0.715. The molecule has 0 aliphatic carbocycles. The molecule has 2 heterocycles. The van der Waals surface area contributed by atoms with E-state index in [2.05, 4.69) is 33.4 Å². The van der Waals surface area contributed by atoms with Crippen molar-refractivity contribution in [3.05, 3.63) is 101 Å². The molecule has 4 rings (SSSR count). The van der Waals surface area contributed by atoms with Gasteiger partial charge in [0.25, 0.3) is 5.91 Å². The van der Waals surface area contributed by atoms with E-state index in [-0.39, 0.29) is 11.6 Å². The van der Waals surface area contributed by atoms with Crippen molar-refractivity contribution in [3.8, 4) is 0 Å². The summed E-state index contributed by atoms with van der Waals surface area (Å²) in [5.41, 5.74) is 3.72. The highest BCUT2D eigenvalue weighted by atomic mass is 19.2. The van der Waals surface area contributed by atoms with E-state index in [1.54, 1.807) is 12.4 Å². The predicted octanol–water partition coefficient (Wildman–Crippen LogP) is 3.89. The first-order valence-corrected chi connectivity index (χ1v) is 9.56. The van der Waals surface area contributed by atoms with E-state index in [0.29, 0.717) is 6.54 Å². The minimum absolute atomic E-state index is 0.0775. The number of pyridine rings is 1. The van der Waals surface area contributed by atoms with Crippen molar-refractivity contribution in [2.45, 2.75) is 19.0 Å². The Labute approximate surface area is 168 Å². The zero-order valence-electron chi connectivity index (χ0n) is 15.8. The Balaban J connectivity index is 1.52. The summed E-state index contributed by atoms with van der Waals surface area (Å²) in [5, 5.41) is 2.87. The molecule has 148 valence electrons. The number of carbonyl (C=O) groups excluding carboxylic acids is 1. The number of nitrogens with one attached hydrogen (secondary N) is 1. The van der Waals surface area contributed by atoms with Crippen LogP contribution < -0.4 is 5.32 Å². The lowest BCUT2D eigenvalue weighted by molar-refractivity contribution is 0.0927. The molecule has 4 nitrogen and oxygen atoms in total. The van der Waals surface area contributed by atoms with Crippen LogP contribution in [0.1, 0.15) is 33.1 Å². The molecule has 0 spiro atoms. The average molecular weight is 393 g/mol. The second-order valence-electron chi connectivity index (χ2n) is 7.13. The number of fused-ring (bicyclic) bond motifs is 1. The van der Waals surface area contributed by atoms with Gasteiger partial charge in [0.05, 0.1) is 6.04 Å². The van der Waals surface area contributed by atoms with Gasteiger partial charge in [0.2, 0.25) is 0 Å². The maximum Gasteiger partial charge on any atom is 0.251 e. The molecular formula is C23H21F2N3O. The van der Waals surface area contributed by atoms with Crippen molar-refractivity contribution in [1.29, 1.82) is 0 Å². The third-order valence-corrected chi connectivity index (χ3v) is 5.31. The molecule has 1 amide bonds. The molecule has 0 fully saturated rings. The van der Waals surface area contributed by atoms with E-state index < -0.39 is 17.5 Å². The Morgan fingerprint density at radius 1 is 1.07 bits per heavy atom. The van der Waals surface area contributed by atoms with Gasteiger partial charge in [0.1, 0.15) is 0 Å². The van der Waals surface area contributed by atoms with E-state index in [4.69, 9.17) is 0 Å². The molecule has 0 bridgehead atoms. The van der Waals surface area contributed by atoms with Crippen molar-refractivity contribution >= 4 is 5.91 Å². The zero-order chi connectivity index (χ0) is 20.2. The fourth-order valence-corrected chi connectivity index (χ4v) is 3.74. The first-order valence-electron chi connectivity index (χ1n) is 9.56. The summed E-state index contributed by atoms with van der Waals surface area (Å²) in [4.78, 5) is 19.0. The number of aromatic nitrogens is 1. The summed E-state index contributed by atoms with van der Waals surface area (Å²) in [6.07, 6.45) is 4.45. The largest absolute Gasteiger partial charge is 0.350 e. The second-order valence-corrected chi connectivity index (χ2v) is 7.13. The number of hydrogen-bond acceptors (Lipinski definition) is 3. The first-order chi connectivity index (χ1) is 14.1. The van der Waals surface area contributed by atoms with Crippen LogP contribution in [0.5, 0.6) is 0 Å². The number of hydrogen-bond donors (Lipinski definition) is 1. The van der Waals surface area contributed by atoms with Gasteiger partial charge in [-0.1, -0.05) is 30.3 Å². The van der Waals surface area contributed by atoms with E-state index in [1.165, 1.54) is 17.2 Å². The van der Waals surface area contributed by atoms with Crippen molar-refractivity contribution in [2.75, 3.05) is 13.1 Å². The summed E-state index contributed by atoms with van der Waals surface area (Å²) >= 11 is 0. The van der Waals surface area contributed by atoms with Gasteiger partial charge in [-0.05, 0) is 47.4 Å². The van der Waals surface area contributed by atoms with Crippen LogP contribution in [0.15, 0.2) is 67.0 Å². The van der Waals surface area contributed by atoms with E-state index in [9.17, 15) is 13.6 Å². The fraction of sp³-hybridized carbons (Fsp3) is 0.217. The van der Waals surface area contributed by atoms with Crippen LogP contribution in [0.2, 0.25) is 0 Å². The van der Waals surface area contributed by atoms with E-state index in [0.717, 1.165) is 37.2 Å². The Hall–Kier alpha value is -3.12. The van der Waals surface area contributed by atoms with Crippen molar-refractivity contribution in [3.63, 3.8) is 0 Å². The van der Waals surface area contributed by atoms with Crippen LogP contribution in [0, 0.1) is 11.6 Å². The molecule has 0 saturated heterocycles. The molecule has 0 unspecified atom stereocenters. The second kappa shape index (κ2) is 8.49. The van der Waals surface area contributed by atoms with Gasteiger partial charge in [-0.3, -0.25) is 14.7 Å². The lowest BCUT2D eigenvalue weighted by atomic mass is 9.97. The normalized spacial score (nSPS) is 14.8. The smallest absolute Gasteiger partial charge is 0.251 e. The van der Waals surface area contributed by atoms with Crippen LogP contribution in [0.3, 0.4) is 0 Å². The number of carbonyl (C=O) groups is 1. The van der Waals surface area contributed by atoms with Crippen LogP contribution in [-0.4, -0.2) is 28.9 Å². The molecule has 0 radical (unpaired) electrons. The zero-order valence-corrected chi connectivity index (χ0v) is 15.8. The van der Waals surface area contributed by atoms with E-state index in [1.807, 2.05) is 18.2 Å². The highest BCUT2D eigenvalue weighted by Crippen LogP contribution is 2.27. The molecule has 6 heteroatoms. The van der Waals surface area contributed by atoms with Crippen molar-refractivity contribution < 1.29 is 13.6 Å². The average Bonchev–Trinajstić information content (AvgIpc) is 2.76. The highest BCUT2D eigenvalue weighted by Gasteiger charge is 2.25. The topological polar surface area (TPSA) is 45.2 Å². The number of rotatable bonds is 5. The van der Waals surface area contributed by atoms with Gasteiger partial charge >= 0.3 is 0 Å². The molecule has 1 aliphatic rings. The third kappa shape index (κ3) is 4.32. The summed E-state index contributed by atoms with van der Waals surface area (Å²) in [6, 6.07) is 15.3. The SMILES string of the molecule is O=C(NC[C@@H](c1cccnc1)N1CCc2ccccc2C1)c1ccc(F)c(F)c1. The molecule has 29 heavy (non-hydrogen) atoms. The standard InChI is InChI=1S/C23H21F2N3O/c24-20-8-7-17(12-21(20)25)23(29)27-14-22(18-6-3-10-26-13-18)28-11-9-16-4-1-2-5-19(16)15-28/h1-8,10,12-13,22H,9,11,14-15H2,(H,27,29)/t22-/m0/s1. The van der Waals surface area contributed by atoms with Crippen LogP contribution in [0.4, 0.5) is 8.78 Å². The Morgan fingerprint density at radius 3 is 2.66 bits per heavy atom. The number of nitrogens with zero attached hydrogens (tertiary/aromatic N) is 2.